The summed E-state index contributed by atoms with van der Waals surface area (Å²) < 4.78 is 0. The largest absolute Gasteiger partial charge is 0.342 e. The fourth-order valence-electron chi connectivity index (χ4n) is 3.48. The first kappa shape index (κ1) is 20.0. The maximum absolute atomic E-state index is 12.7. The third-order valence-corrected chi connectivity index (χ3v) is 4.89. The number of hydrogen-bond acceptors (Lipinski definition) is 3. The van der Waals surface area contributed by atoms with Crippen LogP contribution < -0.4 is 5.73 Å². The number of halogens is 2. The Morgan fingerprint density at radius 2 is 1.70 bits per heavy atom. The molecule has 1 aliphatic carbocycles. The van der Waals surface area contributed by atoms with E-state index in [1.54, 1.807) is 0 Å². The zero-order valence-electron chi connectivity index (χ0n) is 12.6. The molecular formula is C14H29Cl2N3O. The molecule has 0 unspecified atom stereocenters. The maximum Gasteiger partial charge on any atom is 0.230 e. The third kappa shape index (κ3) is 4.00. The average molecular weight is 326 g/mol. The number of rotatable bonds is 3. The van der Waals surface area contributed by atoms with Crippen LogP contribution in [0.5, 0.6) is 0 Å². The number of hydrogen-bond donors (Lipinski definition) is 1. The van der Waals surface area contributed by atoms with Gasteiger partial charge in [-0.15, -0.1) is 24.8 Å². The zero-order valence-corrected chi connectivity index (χ0v) is 14.3. The summed E-state index contributed by atoms with van der Waals surface area (Å²) in [6.07, 6.45) is 6.51. The average Bonchev–Trinajstić information content (AvgIpc) is 2.88. The van der Waals surface area contributed by atoms with E-state index in [1.165, 1.54) is 0 Å². The van der Waals surface area contributed by atoms with E-state index in [2.05, 4.69) is 23.9 Å². The highest BCUT2D eigenvalue weighted by molar-refractivity contribution is 5.85. The molecule has 6 heteroatoms. The van der Waals surface area contributed by atoms with Crippen molar-refractivity contribution in [3.05, 3.63) is 0 Å². The Kier molecular flexibility index (Phi) is 8.41. The van der Waals surface area contributed by atoms with Gasteiger partial charge < -0.3 is 15.5 Å². The monoisotopic (exact) mass is 325 g/mol. The van der Waals surface area contributed by atoms with Gasteiger partial charge in [-0.05, 0) is 39.8 Å². The van der Waals surface area contributed by atoms with Crippen LogP contribution >= 0.6 is 24.8 Å². The Morgan fingerprint density at radius 3 is 2.10 bits per heavy atom. The van der Waals surface area contributed by atoms with Gasteiger partial charge in [-0.25, -0.2) is 0 Å². The molecule has 2 rings (SSSR count). The summed E-state index contributed by atoms with van der Waals surface area (Å²) in [5, 5.41) is 0. The van der Waals surface area contributed by atoms with Gasteiger partial charge in [0.25, 0.3) is 0 Å². The van der Waals surface area contributed by atoms with E-state index in [0.29, 0.717) is 18.5 Å². The number of carbonyl (C=O) groups excluding carboxylic acids is 1. The molecule has 1 aliphatic heterocycles. The highest BCUT2D eigenvalue weighted by atomic mass is 35.5. The van der Waals surface area contributed by atoms with Gasteiger partial charge in [-0.3, -0.25) is 4.79 Å². The van der Waals surface area contributed by atoms with Gasteiger partial charge in [-0.1, -0.05) is 12.8 Å². The van der Waals surface area contributed by atoms with E-state index >= 15 is 0 Å². The van der Waals surface area contributed by atoms with Crippen LogP contribution in [0.2, 0.25) is 0 Å². The quantitative estimate of drug-likeness (QED) is 0.862. The Balaban J connectivity index is 0.00000180. The van der Waals surface area contributed by atoms with E-state index < -0.39 is 0 Å². The maximum atomic E-state index is 12.7. The van der Waals surface area contributed by atoms with Crippen molar-refractivity contribution in [1.29, 1.82) is 0 Å². The lowest BCUT2D eigenvalue weighted by Gasteiger charge is -2.39. The highest BCUT2D eigenvalue weighted by Gasteiger charge is 2.42. The number of nitrogens with zero attached hydrogens (tertiary/aromatic N) is 2. The molecule has 0 aromatic rings. The van der Waals surface area contributed by atoms with Crippen LogP contribution in [-0.4, -0.2) is 55.5 Å². The normalized spacial score (nSPS) is 22.3. The lowest BCUT2D eigenvalue weighted by atomic mass is 9.84. The van der Waals surface area contributed by atoms with Crippen molar-refractivity contribution in [3.8, 4) is 0 Å². The van der Waals surface area contributed by atoms with Gasteiger partial charge in [-0.2, -0.15) is 0 Å². The molecule has 0 bridgehead atoms. The predicted octanol–water partition coefficient (Wildman–Crippen LogP) is 1.90. The molecule has 20 heavy (non-hydrogen) atoms. The molecule has 2 fully saturated rings. The number of carbonyl (C=O) groups is 1. The van der Waals surface area contributed by atoms with Crippen LogP contribution in [0.15, 0.2) is 0 Å². The first-order valence-electron chi connectivity index (χ1n) is 7.25. The molecule has 1 heterocycles. The van der Waals surface area contributed by atoms with Gasteiger partial charge in [0.1, 0.15) is 0 Å². The fourth-order valence-corrected chi connectivity index (χ4v) is 3.48. The van der Waals surface area contributed by atoms with Crippen molar-refractivity contribution in [1.82, 2.24) is 9.80 Å². The smallest absolute Gasteiger partial charge is 0.230 e. The van der Waals surface area contributed by atoms with Crippen LogP contribution in [0, 0.1) is 5.41 Å². The van der Waals surface area contributed by atoms with Crippen LogP contribution in [0.25, 0.3) is 0 Å². The van der Waals surface area contributed by atoms with Crippen LogP contribution in [0.4, 0.5) is 0 Å². The number of nitrogens with two attached hydrogens (primary N) is 1. The summed E-state index contributed by atoms with van der Waals surface area (Å²) in [6, 6.07) is 0.631. The Bertz CT molecular complexity index is 299. The number of piperidine rings is 1. The Hall–Kier alpha value is -0.0300. The summed E-state index contributed by atoms with van der Waals surface area (Å²) in [5.41, 5.74) is 5.68. The highest BCUT2D eigenvalue weighted by Crippen LogP contribution is 2.39. The summed E-state index contributed by atoms with van der Waals surface area (Å²) >= 11 is 0. The number of amides is 1. The van der Waals surface area contributed by atoms with Gasteiger partial charge in [0.2, 0.25) is 5.91 Å². The lowest BCUT2D eigenvalue weighted by Crippen LogP contribution is -2.51. The zero-order chi connectivity index (χ0) is 13.2. The molecule has 0 aromatic carbocycles. The van der Waals surface area contributed by atoms with Gasteiger partial charge in [0, 0.05) is 25.7 Å². The minimum absolute atomic E-state index is 0. The summed E-state index contributed by atoms with van der Waals surface area (Å²) in [5.74, 6) is 0.333. The van der Waals surface area contributed by atoms with Crippen LogP contribution in [0.1, 0.15) is 38.5 Å². The number of likely N-dealkylation sites (tertiary alicyclic amines) is 1. The van der Waals surface area contributed by atoms with Gasteiger partial charge >= 0.3 is 0 Å². The summed E-state index contributed by atoms with van der Waals surface area (Å²) in [6.45, 7) is 2.34. The van der Waals surface area contributed by atoms with E-state index in [1.807, 2.05) is 0 Å². The molecule has 120 valence electrons. The van der Waals surface area contributed by atoms with Crippen molar-refractivity contribution in [2.24, 2.45) is 11.1 Å². The molecular weight excluding hydrogens is 297 g/mol. The summed E-state index contributed by atoms with van der Waals surface area (Å²) in [7, 11) is 4.25. The van der Waals surface area contributed by atoms with Crippen molar-refractivity contribution in [2.75, 3.05) is 33.7 Å². The van der Waals surface area contributed by atoms with Gasteiger partial charge in [0.05, 0.1) is 5.41 Å². The van der Waals surface area contributed by atoms with E-state index in [9.17, 15) is 4.79 Å². The van der Waals surface area contributed by atoms with Gasteiger partial charge in [0.15, 0.2) is 0 Å². The second-order valence-corrected chi connectivity index (χ2v) is 6.18. The topological polar surface area (TPSA) is 49.6 Å². The molecule has 4 nitrogen and oxygen atoms in total. The van der Waals surface area contributed by atoms with Crippen LogP contribution in [0.3, 0.4) is 0 Å². The summed E-state index contributed by atoms with van der Waals surface area (Å²) in [4.78, 5) is 17.0. The standard InChI is InChI=1S/C14H27N3O.2ClH/c1-16(2)12-5-9-17(10-6-12)13(18)14(11-15)7-3-4-8-14;;/h12H,3-11,15H2,1-2H3;2*1H. The van der Waals surface area contributed by atoms with Crippen molar-refractivity contribution < 1.29 is 4.79 Å². The molecule has 2 N–H and O–H groups in total. The first-order valence-corrected chi connectivity index (χ1v) is 7.25. The molecule has 2 aliphatic rings. The lowest BCUT2D eigenvalue weighted by molar-refractivity contribution is -0.143. The van der Waals surface area contributed by atoms with Crippen molar-refractivity contribution in [3.63, 3.8) is 0 Å². The first-order chi connectivity index (χ1) is 8.59. The van der Waals surface area contributed by atoms with Crippen molar-refractivity contribution in [2.45, 2.75) is 44.6 Å². The molecule has 1 amide bonds. The SMILES string of the molecule is CN(C)C1CCN(C(=O)C2(CN)CCCC2)CC1.Cl.Cl. The minimum Gasteiger partial charge on any atom is -0.342 e. The third-order valence-electron chi connectivity index (χ3n) is 4.89. The van der Waals surface area contributed by atoms with Crippen LogP contribution in [-0.2, 0) is 4.79 Å². The van der Waals surface area contributed by atoms with Crippen molar-refractivity contribution >= 4 is 30.7 Å². The molecule has 1 saturated carbocycles. The Morgan fingerprint density at radius 1 is 1.20 bits per heavy atom. The van der Waals surface area contributed by atoms with E-state index in [-0.39, 0.29) is 30.2 Å². The van der Waals surface area contributed by atoms with E-state index in [0.717, 1.165) is 51.6 Å². The molecule has 1 saturated heterocycles. The molecule has 0 radical (unpaired) electrons. The predicted molar refractivity (Wildman–Crippen MR) is 87.7 cm³/mol. The molecule has 0 aromatic heterocycles. The fraction of sp³-hybridized carbons (Fsp3) is 0.929. The second-order valence-electron chi connectivity index (χ2n) is 6.18. The second kappa shape index (κ2) is 8.42. The minimum atomic E-state index is -0.217. The van der Waals surface area contributed by atoms with E-state index in [4.69, 9.17) is 5.73 Å². The molecule has 0 atom stereocenters. The molecule has 0 spiro atoms. The Labute approximate surface area is 135 Å².